The molecule has 2 aromatic carbocycles. The van der Waals surface area contributed by atoms with E-state index in [1.807, 2.05) is 0 Å². The summed E-state index contributed by atoms with van der Waals surface area (Å²) in [6, 6.07) is 21.8. The second kappa shape index (κ2) is 6.55. The van der Waals surface area contributed by atoms with Gasteiger partial charge in [-0.05, 0) is 0 Å². The average molecular weight is 391 g/mol. The van der Waals surface area contributed by atoms with Gasteiger partial charge in [-0.25, -0.2) is 0 Å². The van der Waals surface area contributed by atoms with Crippen molar-refractivity contribution < 1.29 is 0 Å². The molecule has 0 saturated heterocycles. The van der Waals surface area contributed by atoms with Crippen LogP contribution >= 0.6 is 0 Å². The Kier molecular flexibility index (Phi) is 5.02. The molecule has 0 N–H and O–H groups in total. The summed E-state index contributed by atoms with van der Waals surface area (Å²) in [5.41, 5.74) is 0. The van der Waals surface area contributed by atoms with Crippen LogP contribution in [0, 0.1) is 0 Å². The molecule has 2 aromatic rings. The SMILES string of the molecule is c1ccc([Se][Se][Se]c2ccccc2)cc1. The van der Waals surface area contributed by atoms with Gasteiger partial charge in [-0.2, -0.15) is 0 Å². The van der Waals surface area contributed by atoms with Gasteiger partial charge in [0, 0.05) is 0 Å². The third-order valence-corrected chi connectivity index (χ3v) is 17.4. The minimum absolute atomic E-state index is 0.712. The van der Waals surface area contributed by atoms with Gasteiger partial charge in [0.15, 0.2) is 0 Å². The molecule has 2 rings (SSSR count). The molecule has 0 spiro atoms. The summed E-state index contributed by atoms with van der Waals surface area (Å²) in [5.74, 6) is 0. The van der Waals surface area contributed by atoms with Gasteiger partial charge in [-0.15, -0.1) is 0 Å². The molecule has 0 aliphatic carbocycles. The molecular formula is C12H10Se3. The van der Waals surface area contributed by atoms with E-state index in [0.717, 1.165) is 11.3 Å². The molecule has 0 radical (unpaired) electrons. The van der Waals surface area contributed by atoms with E-state index in [0.29, 0.717) is 26.3 Å². The fraction of sp³-hybridized carbons (Fsp3) is 0. The maximum atomic E-state index is 2.25. The summed E-state index contributed by atoms with van der Waals surface area (Å²) >= 11 is 2.23. The van der Waals surface area contributed by atoms with E-state index in [1.165, 1.54) is 0 Å². The Morgan fingerprint density at radius 1 is 0.533 bits per heavy atom. The molecule has 0 amide bonds. The first-order chi connectivity index (χ1) is 7.45. The second-order valence-corrected chi connectivity index (χ2v) is 18.7. The van der Waals surface area contributed by atoms with Crippen molar-refractivity contribution in [1.82, 2.24) is 0 Å². The predicted molar refractivity (Wildman–Crippen MR) is 69.4 cm³/mol. The van der Waals surface area contributed by atoms with Crippen molar-refractivity contribution in [2.45, 2.75) is 0 Å². The van der Waals surface area contributed by atoms with Crippen LogP contribution in [0.4, 0.5) is 0 Å². The van der Waals surface area contributed by atoms with Gasteiger partial charge in [0.1, 0.15) is 0 Å². The number of rotatable bonds is 4. The Balaban J connectivity index is 1.81. The summed E-state index contributed by atoms with van der Waals surface area (Å²) in [7, 11) is 0. The van der Waals surface area contributed by atoms with Crippen LogP contribution in [0.5, 0.6) is 0 Å². The first-order valence-corrected chi connectivity index (χ1v) is 14.9. The Hall–Kier alpha value is -0.00156. The van der Waals surface area contributed by atoms with Crippen LogP contribution in [0.3, 0.4) is 0 Å². The fourth-order valence-electron chi connectivity index (χ4n) is 1.05. The van der Waals surface area contributed by atoms with Crippen molar-refractivity contribution in [2.75, 3.05) is 0 Å². The van der Waals surface area contributed by atoms with Gasteiger partial charge < -0.3 is 0 Å². The first-order valence-electron chi connectivity index (χ1n) is 4.56. The van der Waals surface area contributed by atoms with Gasteiger partial charge in [-0.1, -0.05) is 0 Å². The van der Waals surface area contributed by atoms with Crippen LogP contribution in [0.2, 0.25) is 0 Å². The summed E-state index contributed by atoms with van der Waals surface area (Å²) in [6.45, 7) is 0. The zero-order valence-corrected chi connectivity index (χ0v) is 13.1. The molecule has 76 valence electrons. The summed E-state index contributed by atoms with van der Waals surface area (Å²) in [4.78, 5) is 0. The second-order valence-electron chi connectivity index (χ2n) is 2.86. The molecule has 0 bridgehead atoms. The van der Waals surface area contributed by atoms with Crippen LogP contribution < -0.4 is 8.92 Å². The fourth-order valence-corrected chi connectivity index (χ4v) is 17.9. The minimum atomic E-state index is 0.712. The maximum absolute atomic E-state index is 2.25. The summed E-state index contributed by atoms with van der Waals surface area (Å²) < 4.78 is 3.09. The molecule has 0 aliphatic rings. The molecule has 3 heteroatoms. The van der Waals surface area contributed by atoms with E-state index in [9.17, 15) is 0 Å². The molecule has 0 aromatic heterocycles. The van der Waals surface area contributed by atoms with Crippen molar-refractivity contribution in [3.8, 4) is 0 Å². The van der Waals surface area contributed by atoms with E-state index >= 15 is 0 Å². The monoisotopic (exact) mass is 394 g/mol. The van der Waals surface area contributed by atoms with Crippen LogP contribution in [-0.2, 0) is 0 Å². The molecule has 0 fully saturated rings. The molecule has 0 aliphatic heterocycles. The van der Waals surface area contributed by atoms with Crippen LogP contribution in [0.25, 0.3) is 0 Å². The molecular weight excluding hydrogens is 381 g/mol. The Bertz CT molecular complexity index is 347. The van der Waals surface area contributed by atoms with Crippen molar-refractivity contribution in [2.24, 2.45) is 0 Å². The van der Waals surface area contributed by atoms with Crippen molar-refractivity contribution in [3.63, 3.8) is 0 Å². The Labute approximate surface area is 106 Å². The number of benzene rings is 2. The third kappa shape index (κ3) is 4.16. The quantitative estimate of drug-likeness (QED) is 0.670. The average Bonchev–Trinajstić information content (AvgIpc) is 2.32. The van der Waals surface area contributed by atoms with Crippen LogP contribution in [0.1, 0.15) is 0 Å². The molecule has 0 unspecified atom stereocenters. The molecule has 0 atom stereocenters. The first kappa shape index (κ1) is 11.5. The number of hydrogen-bond donors (Lipinski definition) is 0. The van der Waals surface area contributed by atoms with E-state index in [2.05, 4.69) is 60.7 Å². The molecule has 0 saturated carbocycles. The zero-order valence-electron chi connectivity index (χ0n) is 8.00. The van der Waals surface area contributed by atoms with E-state index in [-0.39, 0.29) is 0 Å². The van der Waals surface area contributed by atoms with Crippen molar-refractivity contribution in [1.29, 1.82) is 0 Å². The summed E-state index contributed by atoms with van der Waals surface area (Å²) in [5, 5.41) is 0. The normalized spacial score (nSPS) is 10.1. The van der Waals surface area contributed by atoms with E-state index < -0.39 is 0 Å². The standard InChI is InChI=1S/C12H10Se3/c1-3-7-11(8-4-1)13-15-14-12-9-5-2-6-10-12/h1-10H. The third-order valence-electron chi connectivity index (χ3n) is 1.75. The molecule has 15 heavy (non-hydrogen) atoms. The molecule has 0 heterocycles. The number of hydrogen-bond acceptors (Lipinski definition) is 0. The van der Waals surface area contributed by atoms with Gasteiger partial charge >= 0.3 is 107 Å². The van der Waals surface area contributed by atoms with Gasteiger partial charge in [0.2, 0.25) is 0 Å². The Morgan fingerprint density at radius 3 is 1.33 bits per heavy atom. The predicted octanol–water partition coefficient (Wildman–Crippen LogP) is 0.580. The van der Waals surface area contributed by atoms with E-state index in [1.54, 1.807) is 8.92 Å². The van der Waals surface area contributed by atoms with Gasteiger partial charge in [0.25, 0.3) is 0 Å². The zero-order chi connectivity index (χ0) is 10.3. The summed E-state index contributed by atoms with van der Waals surface area (Å²) in [6.07, 6.45) is 0. The van der Waals surface area contributed by atoms with E-state index in [4.69, 9.17) is 0 Å². The van der Waals surface area contributed by atoms with Crippen LogP contribution in [0.15, 0.2) is 60.7 Å². The topological polar surface area (TPSA) is 0 Å². The Morgan fingerprint density at radius 2 is 0.933 bits per heavy atom. The van der Waals surface area contributed by atoms with Gasteiger partial charge in [0.05, 0.1) is 0 Å². The van der Waals surface area contributed by atoms with Crippen LogP contribution in [-0.4, -0.2) is 37.6 Å². The van der Waals surface area contributed by atoms with Gasteiger partial charge in [-0.3, -0.25) is 0 Å². The molecule has 0 nitrogen and oxygen atoms in total. The van der Waals surface area contributed by atoms with Crippen molar-refractivity contribution in [3.05, 3.63) is 60.7 Å². The van der Waals surface area contributed by atoms with Crippen molar-refractivity contribution >= 4 is 46.5 Å².